The van der Waals surface area contributed by atoms with Gasteiger partial charge in [0, 0.05) is 19.7 Å². The van der Waals surface area contributed by atoms with E-state index in [4.69, 9.17) is 9.47 Å². The molecule has 5 heteroatoms. The minimum absolute atomic E-state index is 0.0445. The van der Waals surface area contributed by atoms with Gasteiger partial charge in [0.15, 0.2) is 0 Å². The number of rotatable bonds is 8. The van der Waals surface area contributed by atoms with Crippen LogP contribution in [0.1, 0.15) is 25.7 Å². The van der Waals surface area contributed by atoms with Crippen molar-refractivity contribution in [3.63, 3.8) is 0 Å². The molecule has 0 bridgehead atoms. The molecule has 1 unspecified atom stereocenters. The third-order valence-electron chi connectivity index (χ3n) is 2.89. The average Bonchev–Trinajstić information content (AvgIpc) is 2.36. The third kappa shape index (κ3) is 7.31. The smallest absolute Gasteiger partial charge is 0.246 e. The quantitative estimate of drug-likeness (QED) is 0.603. The van der Waals surface area contributed by atoms with E-state index in [1.165, 1.54) is 19.3 Å². The zero-order valence-corrected chi connectivity index (χ0v) is 10.7. The maximum atomic E-state index is 11.4. The Morgan fingerprint density at radius 2 is 2.29 bits per heavy atom. The highest BCUT2D eigenvalue weighted by Gasteiger charge is 2.12. The minimum Gasteiger partial charge on any atom is -0.382 e. The summed E-state index contributed by atoms with van der Waals surface area (Å²) in [5.74, 6) is -0.0445. The molecular formula is C12H24N2O3. The van der Waals surface area contributed by atoms with E-state index in [1.54, 1.807) is 7.11 Å². The summed E-state index contributed by atoms with van der Waals surface area (Å²) < 4.78 is 9.94. The molecule has 1 fully saturated rings. The van der Waals surface area contributed by atoms with Gasteiger partial charge in [0.2, 0.25) is 5.91 Å². The van der Waals surface area contributed by atoms with Gasteiger partial charge in [-0.2, -0.15) is 0 Å². The summed E-state index contributed by atoms with van der Waals surface area (Å²) in [6.07, 6.45) is 4.80. The molecule has 1 aliphatic rings. The predicted molar refractivity (Wildman–Crippen MR) is 66.0 cm³/mol. The molecule has 5 nitrogen and oxygen atoms in total. The van der Waals surface area contributed by atoms with Gasteiger partial charge in [-0.05, 0) is 25.8 Å². The number of nitrogens with one attached hydrogen (secondary N) is 2. The average molecular weight is 244 g/mol. The molecule has 0 spiro atoms. The molecule has 0 aromatic carbocycles. The number of ether oxygens (including phenoxy) is 2. The van der Waals surface area contributed by atoms with E-state index in [0.717, 1.165) is 19.5 Å². The summed E-state index contributed by atoms with van der Waals surface area (Å²) in [5.41, 5.74) is 0. The van der Waals surface area contributed by atoms with Crippen molar-refractivity contribution < 1.29 is 14.3 Å². The molecular weight excluding hydrogens is 220 g/mol. The summed E-state index contributed by atoms with van der Waals surface area (Å²) in [7, 11) is 1.61. The van der Waals surface area contributed by atoms with Crippen LogP contribution in [0.4, 0.5) is 0 Å². The van der Waals surface area contributed by atoms with Crippen LogP contribution in [0.2, 0.25) is 0 Å². The fraction of sp³-hybridized carbons (Fsp3) is 0.917. The van der Waals surface area contributed by atoms with Crippen molar-refractivity contribution in [2.45, 2.75) is 31.7 Å². The molecule has 0 aliphatic carbocycles. The Kier molecular flexibility index (Phi) is 7.96. The van der Waals surface area contributed by atoms with Crippen LogP contribution in [0.15, 0.2) is 0 Å². The Bertz CT molecular complexity index is 206. The van der Waals surface area contributed by atoms with E-state index in [9.17, 15) is 4.79 Å². The molecule has 1 amide bonds. The van der Waals surface area contributed by atoms with Crippen LogP contribution >= 0.6 is 0 Å². The molecule has 1 aliphatic heterocycles. The topological polar surface area (TPSA) is 59.6 Å². The normalized spacial score (nSPS) is 20.2. The van der Waals surface area contributed by atoms with Crippen molar-refractivity contribution in [3.05, 3.63) is 0 Å². The van der Waals surface area contributed by atoms with E-state index >= 15 is 0 Å². The second-order valence-electron chi connectivity index (χ2n) is 4.33. The van der Waals surface area contributed by atoms with E-state index < -0.39 is 0 Å². The Morgan fingerprint density at radius 1 is 1.41 bits per heavy atom. The SMILES string of the molecule is COCCOCC(=O)NCCC1CCCCN1. The first kappa shape index (κ1) is 14.4. The van der Waals surface area contributed by atoms with Crippen LogP contribution in [0.25, 0.3) is 0 Å². The van der Waals surface area contributed by atoms with E-state index in [1.807, 2.05) is 0 Å². The van der Waals surface area contributed by atoms with Gasteiger partial charge in [0.1, 0.15) is 6.61 Å². The lowest BCUT2D eigenvalue weighted by atomic mass is 10.0. The zero-order valence-electron chi connectivity index (χ0n) is 10.7. The molecule has 0 aromatic rings. The van der Waals surface area contributed by atoms with Crippen molar-refractivity contribution in [1.29, 1.82) is 0 Å². The lowest BCUT2D eigenvalue weighted by Gasteiger charge is -2.23. The largest absolute Gasteiger partial charge is 0.382 e. The Morgan fingerprint density at radius 3 is 3.00 bits per heavy atom. The highest BCUT2D eigenvalue weighted by molar-refractivity contribution is 5.77. The Balaban J connectivity index is 1.92. The van der Waals surface area contributed by atoms with Gasteiger partial charge < -0.3 is 20.1 Å². The number of amides is 1. The predicted octanol–water partition coefficient (Wildman–Crippen LogP) is 0.298. The summed E-state index contributed by atoms with van der Waals surface area (Å²) in [6.45, 7) is 2.96. The lowest BCUT2D eigenvalue weighted by molar-refractivity contribution is -0.126. The van der Waals surface area contributed by atoms with Crippen molar-refractivity contribution in [2.75, 3.05) is 40.0 Å². The van der Waals surface area contributed by atoms with Crippen LogP contribution in [0, 0.1) is 0 Å². The first-order chi connectivity index (χ1) is 8.33. The maximum absolute atomic E-state index is 11.4. The highest BCUT2D eigenvalue weighted by atomic mass is 16.5. The molecule has 1 saturated heterocycles. The van der Waals surface area contributed by atoms with E-state index in [2.05, 4.69) is 10.6 Å². The summed E-state index contributed by atoms with van der Waals surface area (Å²) in [6, 6.07) is 0.568. The van der Waals surface area contributed by atoms with E-state index in [0.29, 0.717) is 19.3 Å². The Hall–Kier alpha value is -0.650. The van der Waals surface area contributed by atoms with E-state index in [-0.39, 0.29) is 12.5 Å². The molecule has 17 heavy (non-hydrogen) atoms. The summed E-state index contributed by atoms with van der Waals surface area (Å²) >= 11 is 0. The number of hydrogen-bond donors (Lipinski definition) is 2. The molecule has 0 radical (unpaired) electrons. The van der Waals surface area contributed by atoms with Crippen LogP contribution in [-0.4, -0.2) is 52.0 Å². The van der Waals surface area contributed by atoms with Crippen LogP contribution in [0.3, 0.4) is 0 Å². The number of carbonyl (C=O) groups is 1. The van der Waals surface area contributed by atoms with Gasteiger partial charge >= 0.3 is 0 Å². The first-order valence-corrected chi connectivity index (χ1v) is 6.39. The van der Waals surface area contributed by atoms with Gasteiger partial charge in [-0.3, -0.25) is 4.79 Å². The second kappa shape index (κ2) is 9.39. The molecule has 1 rings (SSSR count). The number of piperidine rings is 1. The molecule has 0 aromatic heterocycles. The minimum atomic E-state index is -0.0445. The van der Waals surface area contributed by atoms with Gasteiger partial charge in [0.25, 0.3) is 0 Å². The third-order valence-corrected chi connectivity index (χ3v) is 2.89. The second-order valence-corrected chi connectivity index (χ2v) is 4.33. The van der Waals surface area contributed by atoms with Crippen molar-refractivity contribution in [3.8, 4) is 0 Å². The standard InChI is InChI=1S/C12H24N2O3/c1-16-8-9-17-10-12(15)14-7-5-11-4-2-3-6-13-11/h11,13H,2-10H2,1H3,(H,14,15). The summed E-state index contributed by atoms with van der Waals surface area (Å²) in [5, 5.41) is 6.32. The first-order valence-electron chi connectivity index (χ1n) is 6.39. The molecule has 2 N–H and O–H groups in total. The fourth-order valence-corrected chi connectivity index (χ4v) is 1.91. The maximum Gasteiger partial charge on any atom is 0.246 e. The molecule has 1 atom stereocenters. The van der Waals surface area contributed by atoms with Crippen molar-refractivity contribution >= 4 is 5.91 Å². The number of methoxy groups -OCH3 is 1. The van der Waals surface area contributed by atoms with Gasteiger partial charge in [0.05, 0.1) is 13.2 Å². The summed E-state index contributed by atoms with van der Waals surface area (Å²) in [4.78, 5) is 11.4. The number of carbonyl (C=O) groups excluding carboxylic acids is 1. The monoisotopic (exact) mass is 244 g/mol. The molecule has 100 valence electrons. The molecule has 0 saturated carbocycles. The van der Waals surface area contributed by atoms with Gasteiger partial charge in [-0.1, -0.05) is 6.42 Å². The van der Waals surface area contributed by atoms with Crippen LogP contribution < -0.4 is 10.6 Å². The van der Waals surface area contributed by atoms with Gasteiger partial charge in [-0.15, -0.1) is 0 Å². The van der Waals surface area contributed by atoms with Crippen molar-refractivity contribution in [1.82, 2.24) is 10.6 Å². The van der Waals surface area contributed by atoms with Crippen LogP contribution in [0.5, 0.6) is 0 Å². The Labute approximate surface area is 103 Å². The zero-order chi connectivity index (χ0) is 12.3. The molecule has 1 heterocycles. The number of hydrogen-bond acceptors (Lipinski definition) is 4. The van der Waals surface area contributed by atoms with Crippen LogP contribution in [-0.2, 0) is 14.3 Å². The van der Waals surface area contributed by atoms with Crippen molar-refractivity contribution in [2.24, 2.45) is 0 Å². The van der Waals surface area contributed by atoms with Gasteiger partial charge in [-0.25, -0.2) is 0 Å². The highest BCUT2D eigenvalue weighted by Crippen LogP contribution is 2.08. The lowest BCUT2D eigenvalue weighted by Crippen LogP contribution is -2.38. The fourth-order valence-electron chi connectivity index (χ4n) is 1.91.